The molecule has 1 N–H and O–H groups in total. The summed E-state index contributed by atoms with van der Waals surface area (Å²) in [5.74, 6) is -0.710. The fraction of sp³-hybridized carbons (Fsp3) is 0.375. The molecular formula is C16H17NO6. The first kappa shape index (κ1) is 15.4. The smallest absolute Gasteiger partial charge is 0.328 e. The molecule has 0 saturated carbocycles. The van der Waals surface area contributed by atoms with Gasteiger partial charge in [-0.15, -0.1) is 0 Å². The third-order valence-corrected chi connectivity index (χ3v) is 4.01. The van der Waals surface area contributed by atoms with Crippen molar-refractivity contribution in [2.75, 3.05) is 26.9 Å². The van der Waals surface area contributed by atoms with Crippen molar-refractivity contribution < 1.29 is 28.6 Å². The van der Waals surface area contributed by atoms with Crippen LogP contribution in [0.15, 0.2) is 22.6 Å². The van der Waals surface area contributed by atoms with Crippen LogP contribution in [0.1, 0.15) is 16.1 Å². The third kappa shape index (κ3) is 2.63. The van der Waals surface area contributed by atoms with E-state index in [0.29, 0.717) is 23.5 Å². The van der Waals surface area contributed by atoms with Crippen LogP contribution in [0.4, 0.5) is 0 Å². The van der Waals surface area contributed by atoms with Crippen LogP contribution >= 0.6 is 0 Å². The van der Waals surface area contributed by atoms with Crippen LogP contribution < -0.4 is 4.74 Å². The zero-order valence-electron chi connectivity index (χ0n) is 12.9. The predicted octanol–water partition coefficient (Wildman–Crippen LogP) is 1.68. The number of carboxylic acid groups (broad SMARTS) is 1. The first-order valence-electron chi connectivity index (χ1n) is 7.21. The Hall–Kier alpha value is -2.54. The van der Waals surface area contributed by atoms with E-state index < -0.39 is 17.9 Å². The second-order valence-electron chi connectivity index (χ2n) is 5.35. The van der Waals surface area contributed by atoms with E-state index in [4.69, 9.17) is 13.9 Å². The summed E-state index contributed by atoms with van der Waals surface area (Å²) >= 11 is 0. The summed E-state index contributed by atoms with van der Waals surface area (Å²) in [6, 6.07) is 4.26. The standard InChI is InChI=1S/C16H17NO6/c1-9-11-7-10(21-2)3-4-13(11)23-14(9)15(18)17-5-6-22-8-12(17)16(19)20/h3-4,7,12H,5-6,8H2,1-2H3,(H,19,20)/t12-/m0/s1. The third-order valence-electron chi connectivity index (χ3n) is 4.01. The van der Waals surface area contributed by atoms with Crippen LogP contribution in [0.3, 0.4) is 0 Å². The van der Waals surface area contributed by atoms with E-state index in [2.05, 4.69) is 0 Å². The van der Waals surface area contributed by atoms with Crippen LogP contribution in [0.25, 0.3) is 11.0 Å². The van der Waals surface area contributed by atoms with Crippen molar-refractivity contribution in [3.05, 3.63) is 29.5 Å². The number of hydrogen-bond donors (Lipinski definition) is 1. The van der Waals surface area contributed by atoms with Crippen molar-refractivity contribution in [2.45, 2.75) is 13.0 Å². The van der Waals surface area contributed by atoms with Gasteiger partial charge >= 0.3 is 5.97 Å². The van der Waals surface area contributed by atoms with Gasteiger partial charge in [0.05, 0.1) is 20.3 Å². The minimum Gasteiger partial charge on any atom is -0.497 e. The van der Waals surface area contributed by atoms with Gasteiger partial charge in [-0.2, -0.15) is 0 Å². The Morgan fingerprint density at radius 1 is 1.39 bits per heavy atom. The summed E-state index contributed by atoms with van der Waals surface area (Å²) in [6.07, 6.45) is 0. The second kappa shape index (κ2) is 5.92. The number of aliphatic carboxylic acids is 1. The highest BCUT2D eigenvalue weighted by atomic mass is 16.5. The molecule has 1 atom stereocenters. The van der Waals surface area contributed by atoms with Gasteiger partial charge in [-0.3, -0.25) is 4.79 Å². The van der Waals surface area contributed by atoms with Crippen molar-refractivity contribution in [3.63, 3.8) is 0 Å². The van der Waals surface area contributed by atoms with Gasteiger partial charge < -0.3 is 23.9 Å². The van der Waals surface area contributed by atoms with Crippen molar-refractivity contribution in [2.24, 2.45) is 0 Å². The molecular weight excluding hydrogens is 302 g/mol. The normalized spacial score (nSPS) is 18.2. The van der Waals surface area contributed by atoms with Gasteiger partial charge in [0.15, 0.2) is 11.8 Å². The molecule has 1 saturated heterocycles. The highest BCUT2D eigenvalue weighted by Crippen LogP contribution is 2.30. The Balaban J connectivity index is 2.00. The van der Waals surface area contributed by atoms with Crippen LogP contribution in [0, 0.1) is 6.92 Å². The zero-order chi connectivity index (χ0) is 16.6. The van der Waals surface area contributed by atoms with Gasteiger partial charge in [-0.05, 0) is 25.1 Å². The Morgan fingerprint density at radius 3 is 2.87 bits per heavy atom. The number of hydrogen-bond acceptors (Lipinski definition) is 5. The van der Waals surface area contributed by atoms with E-state index in [0.717, 1.165) is 5.39 Å². The molecule has 0 unspecified atom stereocenters. The van der Waals surface area contributed by atoms with E-state index in [1.165, 1.54) is 4.90 Å². The van der Waals surface area contributed by atoms with E-state index >= 15 is 0 Å². The molecule has 1 fully saturated rings. The van der Waals surface area contributed by atoms with E-state index in [1.807, 2.05) is 0 Å². The topological polar surface area (TPSA) is 89.2 Å². The molecule has 1 amide bonds. The molecule has 0 bridgehead atoms. The van der Waals surface area contributed by atoms with Gasteiger partial charge in [-0.25, -0.2) is 4.79 Å². The van der Waals surface area contributed by atoms with Crippen LogP contribution in [0.5, 0.6) is 5.75 Å². The molecule has 0 spiro atoms. The first-order valence-corrected chi connectivity index (χ1v) is 7.21. The number of carbonyl (C=O) groups is 2. The molecule has 1 aromatic carbocycles. The van der Waals surface area contributed by atoms with Gasteiger partial charge in [0, 0.05) is 17.5 Å². The van der Waals surface area contributed by atoms with Crippen molar-refractivity contribution >= 4 is 22.8 Å². The number of carboxylic acids is 1. The predicted molar refractivity (Wildman–Crippen MR) is 80.8 cm³/mol. The molecule has 2 heterocycles. The molecule has 23 heavy (non-hydrogen) atoms. The highest BCUT2D eigenvalue weighted by molar-refractivity contribution is 6.00. The summed E-state index contributed by atoms with van der Waals surface area (Å²) in [5.41, 5.74) is 1.23. The number of rotatable bonds is 3. The number of benzene rings is 1. The average molecular weight is 319 g/mol. The number of morpholine rings is 1. The van der Waals surface area contributed by atoms with E-state index in [9.17, 15) is 14.7 Å². The molecule has 7 nitrogen and oxygen atoms in total. The molecule has 1 aromatic heterocycles. The van der Waals surface area contributed by atoms with Gasteiger partial charge in [0.2, 0.25) is 0 Å². The van der Waals surface area contributed by atoms with Crippen molar-refractivity contribution in [3.8, 4) is 5.75 Å². The average Bonchev–Trinajstić information content (AvgIpc) is 2.90. The lowest BCUT2D eigenvalue weighted by atomic mass is 10.1. The lowest BCUT2D eigenvalue weighted by molar-refractivity contribution is -0.147. The minimum atomic E-state index is -1.09. The Kier molecular flexibility index (Phi) is 3.96. The van der Waals surface area contributed by atoms with Gasteiger partial charge in [-0.1, -0.05) is 0 Å². The van der Waals surface area contributed by atoms with E-state index in [-0.39, 0.29) is 18.9 Å². The Labute approximate surface area is 132 Å². The molecule has 7 heteroatoms. The summed E-state index contributed by atoms with van der Waals surface area (Å²) in [7, 11) is 1.56. The maximum atomic E-state index is 12.7. The number of methoxy groups -OCH3 is 1. The minimum absolute atomic E-state index is 0.0197. The van der Waals surface area contributed by atoms with Crippen LogP contribution in [-0.4, -0.2) is 54.8 Å². The molecule has 2 aromatic rings. The molecule has 0 aliphatic carbocycles. The maximum Gasteiger partial charge on any atom is 0.328 e. The molecule has 1 aliphatic heterocycles. The van der Waals surface area contributed by atoms with Crippen LogP contribution in [0.2, 0.25) is 0 Å². The second-order valence-corrected chi connectivity index (χ2v) is 5.35. The summed E-state index contributed by atoms with van der Waals surface area (Å²) in [6.45, 7) is 2.28. The highest BCUT2D eigenvalue weighted by Gasteiger charge is 2.35. The Bertz CT molecular complexity index is 765. The molecule has 1 aliphatic rings. The SMILES string of the molecule is COc1ccc2oc(C(=O)N3CCOC[C@H]3C(=O)O)c(C)c2c1. The number of furan rings is 1. The maximum absolute atomic E-state index is 12.7. The number of fused-ring (bicyclic) bond motifs is 1. The van der Waals surface area contributed by atoms with Gasteiger partial charge in [0.1, 0.15) is 11.3 Å². The number of amides is 1. The van der Waals surface area contributed by atoms with Gasteiger partial charge in [0.25, 0.3) is 5.91 Å². The Morgan fingerprint density at radius 2 is 2.17 bits per heavy atom. The van der Waals surface area contributed by atoms with Crippen molar-refractivity contribution in [1.29, 1.82) is 0 Å². The lowest BCUT2D eigenvalue weighted by Gasteiger charge is -2.32. The molecule has 0 radical (unpaired) electrons. The number of aryl methyl sites for hydroxylation is 1. The quantitative estimate of drug-likeness (QED) is 0.926. The van der Waals surface area contributed by atoms with Crippen LogP contribution in [-0.2, 0) is 9.53 Å². The number of nitrogens with zero attached hydrogens (tertiary/aromatic N) is 1. The zero-order valence-corrected chi connectivity index (χ0v) is 12.9. The monoisotopic (exact) mass is 319 g/mol. The molecule has 3 rings (SSSR count). The largest absolute Gasteiger partial charge is 0.497 e. The fourth-order valence-electron chi connectivity index (χ4n) is 2.71. The number of carbonyl (C=O) groups excluding carboxylic acids is 1. The fourth-order valence-corrected chi connectivity index (χ4v) is 2.71. The number of ether oxygens (including phenoxy) is 2. The lowest BCUT2D eigenvalue weighted by Crippen LogP contribution is -2.52. The summed E-state index contributed by atoms with van der Waals surface area (Å²) < 4.78 is 16.0. The summed E-state index contributed by atoms with van der Waals surface area (Å²) in [4.78, 5) is 25.3. The molecule has 122 valence electrons. The first-order chi connectivity index (χ1) is 11.0. The van der Waals surface area contributed by atoms with Crippen molar-refractivity contribution in [1.82, 2.24) is 4.90 Å². The summed E-state index contributed by atoms with van der Waals surface area (Å²) in [5, 5.41) is 10.0. The van der Waals surface area contributed by atoms with E-state index in [1.54, 1.807) is 32.2 Å².